The molecule has 11 aromatic rings. The van der Waals surface area contributed by atoms with Crippen molar-refractivity contribution in [3.63, 3.8) is 0 Å². The van der Waals surface area contributed by atoms with Crippen LogP contribution < -0.4 is 0 Å². The third-order valence-electron chi connectivity index (χ3n) is 9.58. The number of fused-ring (bicyclic) bond motifs is 12. The predicted molar refractivity (Wildman–Crippen MR) is 197 cm³/mol. The van der Waals surface area contributed by atoms with E-state index in [1.807, 2.05) is 29.5 Å². The Labute approximate surface area is 271 Å². The van der Waals surface area contributed by atoms with Gasteiger partial charge in [-0.05, 0) is 70.1 Å². The fraction of sp³-hybridized carbons (Fsp3) is 0. The number of nitrogens with zero attached hydrogens (tertiary/aromatic N) is 3. The van der Waals surface area contributed by atoms with E-state index in [-0.39, 0.29) is 0 Å². The summed E-state index contributed by atoms with van der Waals surface area (Å²) in [5.74, 6) is 0.625. The quantitative estimate of drug-likeness (QED) is 0.194. The van der Waals surface area contributed by atoms with Crippen LogP contribution in [0.15, 0.2) is 144 Å². The number of para-hydroxylation sites is 2. The van der Waals surface area contributed by atoms with Gasteiger partial charge in [-0.25, -0.2) is 9.97 Å². The van der Waals surface area contributed by atoms with E-state index in [0.717, 1.165) is 44.2 Å². The first kappa shape index (κ1) is 25.2. The number of aromatic nitrogens is 3. The molecule has 5 heteroatoms. The first-order valence-electron chi connectivity index (χ1n) is 15.7. The molecule has 218 valence electrons. The van der Waals surface area contributed by atoms with Gasteiger partial charge in [-0.2, -0.15) is 0 Å². The maximum absolute atomic E-state index is 6.49. The Bertz CT molecular complexity index is 3090. The molecule has 47 heavy (non-hydrogen) atoms. The molecule has 0 amide bonds. The summed E-state index contributed by atoms with van der Waals surface area (Å²) in [6, 6.07) is 49.6. The van der Waals surface area contributed by atoms with Gasteiger partial charge in [0, 0.05) is 41.9 Å². The average molecular weight is 618 g/mol. The van der Waals surface area contributed by atoms with Crippen molar-refractivity contribution < 1.29 is 4.42 Å². The zero-order valence-electron chi connectivity index (χ0n) is 24.9. The van der Waals surface area contributed by atoms with Crippen LogP contribution in [0.4, 0.5) is 0 Å². The fourth-order valence-electron chi connectivity index (χ4n) is 7.44. The molecule has 0 saturated carbocycles. The minimum absolute atomic E-state index is 0.625. The van der Waals surface area contributed by atoms with Gasteiger partial charge in [-0.15, -0.1) is 11.3 Å². The smallest absolute Gasteiger partial charge is 0.236 e. The monoisotopic (exact) mass is 617 g/mol. The summed E-state index contributed by atoms with van der Waals surface area (Å²) in [6.07, 6.45) is 0. The molecular weight excluding hydrogens is 595 g/mol. The van der Waals surface area contributed by atoms with Crippen molar-refractivity contribution in [2.75, 3.05) is 0 Å². The Morgan fingerprint density at radius 1 is 0.511 bits per heavy atom. The van der Waals surface area contributed by atoms with Crippen molar-refractivity contribution >= 4 is 96.9 Å². The highest BCUT2D eigenvalue weighted by molar-refractivity contribution is 7.26. The van der Waals surface area contributed by atoms with Gasteiger partial charge in [-0.3, -0.25) is 4.57 Å². The van der Waals surface area contributed by atoms with Crippen molar-refractivity contribution in [3.05, 3.63) is 140 Å². The molecule has 4 heterocycles. The third kappa shape index (κ3) is 3.52. The van der Waals surface area contributed by atoms with E-state index in [1.54, 1.807) is 0 Å². The minimum atomic E-state index is 0.625. The molecule has 0 spiro atoms. The molecule has 0 aliphatic rings. The minimum Gasteiger partial charge on any atom is -0.452 e. The molecule has 0 saturated heterocycles. The van der Waals surface area contributed by atoms with Crippen LogP contribution in [0.1, 0.15) is 0 Å². The van der Waals surface area contributed by atoms with E-state index in [1.165, 1.54) is 47.1 Å². The number of hydrogen-bond acceptors (Lipinski definition) is 4. The molecule has 4 nitrogen and oxygen atoms in total. The first-order chi connectivity index (χ1) is 23.3. The van der Waals surface area contributed by atoms with Crippen LogP contribution in [0.3, 0.4) is 0 Å². The van der Waals surface area contributed by atoms with Crippen LogP contribution in [-0.2, 0) is 0 Å². The van der Waals surface area contributed by atoms with Gasteiger partial charge in [0.05, 0.1) is 11.0 Å². The maximum Gasteiger partial charge on any atom is 0.236 e. The lowest BCUT2D eigenvalue weighted by molar-refractivity contribution is 0.666. The Morgan fingerprint density at radius 3 is 2.21 bits per heavy atom. The molecule has 0 aliphatic heterocycles. The van der Waals surface area contributed by atoms with Crippen LogP contribution in [0.25, 0.3) is 103 Å². The van der Waals surface area contributed by atoms with E-state index in [4.69, 9.17) is 14.4 Å². The summed E-state index contributed by atoms with van der Waals surface area (Å²) >= 11 is 1.86. The number of hydrogen-bond donors (Lipinski definition) is 0. The highest BCUT2D eigenvalue weighted by atomic mass is 32.1. The SMILES string of the molecule is c1ccc2cc(-c3nc(-n4c5ccccc5c5cc6c(ccc7sc8ccccc8c76)cc54)nc4c3oc3ccccc34)ccc2c1. The van der Waals surface area contributed by atoms with Crippen molar-refractivity contribution in [2.45, 2.75) is 0 Å². The topological polar surface area (TPSA) is 43.9 Å². The summed E-state index contributed by atoms with van der Waals surface area (Å²) in [5.41, 5.74) is 6.24. The molecule has 4 aromatic heterocycles. The molecule has 11 rings (SSSR count). The molecule has 0 atom stereocenters. The van der Waals surface area contributed by atoms with Gasteiger partial charge in [0.15, 0.2) is 5.58 Å². The lowest BCUT2D eigenvalue weighted by atomic mass is 10.0. The van der Waals surface area contributed by atoms with Gasteiger partial charge in [0.2, 0.25) is 5.95 Å². The van der Waals surface area contributed by atoms with E-state index in [9.17, 15) is 0 Å². The maximum atomic E-state index is 6.49. The zero-order valence-corrected chi connectivity index (χ0v) is 25.8. The highest BCUT2D eigenvalue weighted by Gasteiger charge is 2.22. The molecule has 0 bridgehead atoms. The van der Waals surface area contributed by atoms with E-state index < -0.39 is 0 Å². The molecule has 0 aliphatic carbocycles. The molecule has 0 fully saturated rings. The first-order valence-corrected chi connectivity index (χ1v) is 16.6. The van der Waals surface area contributed by atoms with E-state index in [2.05, 4.69) is 126 Å². The Hall–Kier alpha value is -6.04. The third-order valence-corrected chi connectivity index (χ3v) is 10.7. The predicted octanol–water partition coefficient (Wildman–Crippen LogP) is 11.8. The summed E-state index contributed by atoms with van der Waals surface area (Å²) < 4.78 is 11.3. The molecule has 0 unspecified atom stereocenters. The van der Waals surface area contributed by atoms with Crippen molar-refractivity contribution in [3.8, 4) is 17.2 Å². The van der Waals surface area contributed by atoms with E-state index >= 15 is 0 Å². The van der Waals surface area contributed by atoms with Crippen molar-refractivity contribution in [1.82, 2.24) is 14.5 Å². The average Bonchev–Trinajstić information content (AvgIpc) is 3.79. The number of furan rings is 1. The fourth-order valence-corrected chi connectivity index (χ4v) is 8.56. The molecule has 0 radical (unpaired) electrons. The Balaban J connectivity index is 1.26. The van der Waals surface area contributed by atoms with Gasteiger partial charge < -0.3 is 4.42 Å². The van der Waals surface area contributed by atoms with Crippen LogP contribution in [0.2, 0.25) is 0 Å². The second kappa shape index (κ2) is 9.25. The standard InChI is InChI=1S/C42H23N3OS/c1-2-10-25-21-27(18-17-24(25)9-1)39-41-40(29-12-4-7-15-35(29)46-41)44-42(43-39)45-33-14-6-3-11-28(33)32-23-31-26(22-34(32)45)19-20-37-38(31)30-13-5-8-16-36(30)47-37/h1-23H. The van der Waals surface area contributed by atoms with Crippen LogP contribution in [-0.4, -0.2) is 14.5 Å². The van der Waals surface area contributed by atoms with Gasteiger partial charge in [0.25, 0.3) is 0 Å². The summed E-state index contributed by atoms with van der Waals surface area (Å²) in [7, 11) is 0. The lowest BCUT2D eigenvalue weighted by Crippen LogP contribution is -2.03. The largest absolute Gasteiger partial charge is 0.452 e. The molecule has 0 N–H and O–H groups in total. The zero-order chi connectivity index (χ0) is 30.6. The number of rotatable bonds is 2. The Morgan fingerprint density at radius 2 is 1.28 bits per heavy atom. The van der Waals surface area contributed by atoms with Gasteiger partial charge in [-0.1, -0.05) is 91.0 Å². The second-order valence-electron chi connectivity index (χ2n) is 12.2. The normalized spacial score (nSPS) is 12.3. The van der Waals surface area contributed by atoms with Crippen LogP contribution >= 0.6 is 11.3 Å². The summed E-state index contributed by atoms with van der Waals surface area (Å²) in [4.78, 5) is 10.6. The van der Waals surface area contributed by atoms with E-state index in [0.29, 0.717) is 11.5 Å². The lowest BCUT2D eigenvalue weighted by Gasteiger charge is -2.10. The Kier molecular flexibility index (Phi) is 4.96. The van der Waals surface area contributed by atoms with Crippen LogP contribution in [0.5, 0.6) is 0 Å². The molecular formula is C42H23N3OS. The van der Waals surface area contributed by atoms with Crippen molar-refractivity contribution in [2.24, 2.45) is 0 Å². The summed E-state index contributed by atoms with van der Waals surface area (Å²) in [5, 5.41) is 10.8. The van der Waals surface area contributed by atoms with Gasteiger partial charge >= 0.3 is 0 Å². The number of thiophene rings is 1. The highest BCUT2D eigenvalue weighted by Crippen LogP contribution is 2.42. The van der Waals surface area contributed by atoms with Crippen LogP contribution in [0, 0.1) is 0 Å². The molecule has 7 aromatic carbocycles. The van der Waals surface area contributed by atoms with Crippen molar-refractivity contribution in [1.29, 1.82) is 0 Å². The second-order valence-corrected chi connectivity index (χ2v) is 13.3. The van der Waals surface area contributed by atoms with Gasteiger partial charge in [0.1, 0.15) is 16.8 Å². The summed E-state index contributed by atoms with van der Waals surface area (Å²) in [6.45, 7) is 0. The number of benzene rings is 7.